The Labute approximate surface area is 214 Å². The van der Waals surface area contributed by atoms with Gasteiger partial charge in [-0.2, -0.15) is 0 Å². The Bertz CT molecular complexity index is 1220. The highest BCUT2D eigenvalue weighted by Crippen LogP contribution is 2.77. The average Bonchev–Trinajstić information content (AvgIpc) is 3.26. The van der Waals surface area contributed by atoms with Crippen LogP contribution in [-0.4, -0.2) is 18.7 Å². The van der Waals surface area contributed by atoms with Gasteiger partial charge in [-0.3, -0.25) is 4.79 Å². The van der Waals surface area contributed by atoms with Gasteiger partial charge in [0.2, 0.25) is 0 Å². The molecule has 0 amide bonds. The zero-order valence-electron chi connectivity index (χ0n) is 21.5. The summed E-state index contributed by atoms with van der Waals surface area (Å²) in [5.41, 5.74) is 3.35. The zero-order chi connectivity index (χ0) is 25.0. The van der Waals surface area contributed by atoms with Crippen molar-refractivity contribution in [1.29, 1.82) is 0 Å². The minimum Gasteiger partial charge on any atom is -0.497 e. The predicted molar refractivity (Wildman–Crippen MR) is 139 cm³/mol. The van der Waals surface area contributed by atoms with E-state index in [0.29, 0.717) is 18.4 Å². The summed E-state index contributed by atoms with van der Waals surface area (Å²) in [4.78, 5) is 12.4. The molecule has 0 saturated heterocycles. The fourth-order valence-electron chi connectivity index (χ4n) is 8.43. The van der Waals surface area contributed by atoms with E-state index in [1.165, 1.54) is 11.1 Å². The van der Waals surface area contributed by atoms with Crippen molar-refractivity contribution in [3.05, 3.63) is 89.7 Å². The number of hydrogen-bond acceptors (Lipinski definition) is 4. The minimum absolute atomic E-state index is 0.0113. The number of benzene rings is 2. The first kappa shape index (κ1) is 23.4. The van der Waals surface area contributed by atoms with E-state index in [1.54, 1.807) is 14.0 Å². The average molecular weight is 485 g/mol. The van der Waals surface area contributed by atoms with Crippen molar-refractivity contribution in [2.75, 3.05) is 7.11 Å². The maximum atomic E-state index is 12.4. The normalized spacial score (nSPS) is 35.7. The molecule has 2 aromatic carbocycles. The number of fused-ring (bicyclic) bond motifs is 3. The highest BCUT2D eigenvalue weighted by molar-refractivity contribution is 5.68. The van der Waals surface area contributed by atoms with E-state index in [4.69, 9.17) is 14.2 Å². The third-order valence-corrected chi connectivity index (χ3v) is 10.0. The summed E-state index contributed by atoms with van der Waals surface area (Å²) in [7, 11) is 1.74. The van der Waals surface area contributed by atoms with Crippen LogP contribution in [0, 0.1) is 22.7 Å². The molecular weight excluding hydrogens is 448 g/mol. The van der Waals surface area contributed by atoms with Gasteiger partial charge < -0.3 is 14.2 Å². The number of rotatable bonds is 6. The Hall–Kier alpha value is -3.01. The summed E-state index contributed by atoms with van der Waals surface area (Å²) in [6.07, 6.45) is 14.1. The molecule has 0 N–H and O–H groups in total. The van der Waals surface area contributed by atoms with Gasteiger partial charge in [0.1, 0.15) is 18.0 Å². The van der Waals surface area contributed by atoms with Crippen molar-refractivity contribution in [3.8, 4) is 5.75 Å². The van der Waals surface area contributed by atoms with Crippen LogP contribution >= 0.6 is 0 Å². The number of esters is 1. The Balaban J connectivity index is 1.32. The fraction of sp³-hybridized carbons (Fsp3) is 0.469. The van der Waals surface area contributed by atoms with Crippen molar-refractivity contribution in [1.82, 2.24) is 0 Å². The van der Waals surface area contributed by atoms with Crippen LogP contribution < -0.4 is 4.74 Å². The van der Waals surface area contributed by atoms with E-state index in [0.717, 1.165) is 43.4 Å². The first-order chi connectivity index (χ1) is 17.4. The van der Waals surface area contributed by atoms with Gasteiger partial charge in [-0.05, 0) is 84.9 Å². The summed E-state index contributed by atoms with van der Waals surface area (Å²) in [5.74, 6) is 1.91. The zero-order valence-corrected chi connectivity index (χ0v) is 21.5. The third-order valence-electron chi connectivity index (χ3n) is 10.0. The van der Waals surface area contributed by atoms with Crippen molar-refractivity contribution >= 4 is 5.97 Å². The molecule has 6 rings (SSSR count). The van der Waals surface area contributed by atoms with E-state index in [-0.39, 0.29) is 22.7 Å². The highest BCUT2D eigenvalue weighted by Gasteiger charge is 2.76. The van der Waals surface area contributed by atoms with Gasteiger partial charge >= 0.3 is 5.97 Å². The third kappa shape index (κ3) is 3.22. The topological polar surface area (TPSA) is 44.8 Å². The fourth-order valence-corrected chi connectivity index (χ4v) is 8.43. The van der Waals surface area contributed by atoms with Gasteiger partial charge in [-0.1, -0.05) is 49.4 Å². The molecule has 0 radical (unpaired) electrons. The lowest BCUT2D eigenvalue weighted by atomic mass is 9.48. The molecule has 2 saturated carbocycles. The quantitative estimate of drug-likeness (QED) is 0.258. The van der Waals surface area contributed by atoms with Gasteiger partial charge in [0.15, 0.2) is 0 Å². The van der Waals surface area contributed by atoms with Crippen molar-refractivity contribution in [3.63, 3.8) is 0 Å². The summed E-state index contributed by atoms with van der Waals surface area (Å²) in [6.45, 7) is 4.47. The number of allylic oxidation sites excluding steroid dienone is 1. The Morgan fingerprint density at radius 3 is 2.72 bits per heavy atom. The number of aryl methyl sites for hydroxylation is 1. The molecule has 4 heteroatoms. The van der Waals surface area contributed by atoms with Crippen molar-refractivity contribution < 1.29 is 19.0 Å². The van der Waals surface area contributed by atoms with Crippen LogP contribution in [0.1, 0.15) is 62.1 Å². The smallest absolute Gasteiger partial charge is 0.303 e. The van der Waals surface area contributed by atoms with E-state index in [2.05, 4.69) is 55.5 Å². The molecule has 2 bridgehead atoms. The van der Waals surface area contributed by atoms with E-state index in [1.807, 2.05) is 24.5 Å². The van der Waals surface area contributed by atoms with Crippen LogP contribution in [0.3, 0.4) is 0 Å². The van der Waals surface area contributed by atoms with Gasteiger partial charge in [-0.15, -0.1) is 0 Å². The largest absolute Gasteiger partial charge is 0.497 e. The molecule has 0 unspecified atom stereocenters. The van der Waals surface area contributed by atoms with Crippen molar-refractivity contribution in [2.24, 2.45) is 22.7 Å². The molecule has 0 aromatic heterocycles. The summed E-state index contributed by atoms with van der Waals surface area (Å²) in [5, 5.41) is 0. The Morgan fingerprint density at radius 1 is 1.11 bits per heavy atom. The van der Waals surface area contributed by atoms with Crippen molar-refractivity contribution in [2.45, 2.75) is 64.1 Å². The van der Waals surface area contributed by atoms with E-state index < -0.39 is 5.60 Å². The molecule has 2 fully saturated rings. The predicted octanol–water partition coefficient (Wildman–Crippen LogP) is 6.75. The highest BCUT2D eigenvalue weighted by atomic mass is 16.6. The number of ether oxygens (including phenoxy) is 3. The molecule has 2 aromatic rings. The Morgan fingerprint density at radius 2 is 1.94 bits per heavy atom. The minimum atomic E-state index is -0.614. The lowest BCUT2D eigenvalue weighted by Crippen LogP contribution is -2.54. The van der Waals surface area contributed by atoms with Crippen LogP contribution in [0.4, 0.5) is 0 Å². The van der Waals surface area contributed by atoms with Gasteiger partial charge in [0.05, 0.1) is 13.4 Å². The first-order valence-corrected chi connectivity index (χ1v) is 13.3. The van der Waals surface area contributed by atoms with E-state index in [9.17, 15) is 4.79 Å². The van der Waals surface area contributed by atoms with Gasteiger partial charge in [-0.25, -0.2) is 0 Å². The molecule has 36 heavy (non-hydrogen) atoms. The monoisotopic (exact) mass is 484 g/mol. The molecule has 188 valence electrons. The molecule has 6 atom stereocenters. The molecule has 4 aliphatic carbocycles. The van der Waals surface area contributed by atoms with Crippen LogP contribution in [0.2, 0.25) is 0 Å². The van der Waals surface area contributed by atoms with Crippen LogP contribution in [0.15, 0.2) is 73.0 Å². The molecule has 4 aliphatic rings. The van der Waals surface area contributed by atoms with Crippen LogP contribution in [-0.2, 0) is 27.3 Å². The maximum Gasteiger partial charge on any atom is 0.303 e. The van der Waals surface area contributed by atoms with E-state index >= 15 is 0 Å². The SMILES string of the molecule is COc1ccc2c(c1)CC[C@@H]1[C@@H]2CC[C@@]2(C)[C@]13C=C[C@]2(OC(C)=O)[C@H](/C=C\OCc1ccccc1)C3. The lowest BCUT2D eigenvalue weighted by molar-refractivity contribution is -0.171. The molecule has 0 heterocycles. The van der Waals surface area contributed by atoms with Gasteiger partial charge in [0.25, 0.3) is 0 Å². The molecule has 0 aliphatic heterocycles. The second-order valence-electron chi connectivity index (χ2n) is 11.4. The van der Waals surface area contributed by atoms with Crippen LogP contribution in [0.5, 0.6) is 5.75 Å². The molecular formula is C32H36O4. The summed E-state index contributed by atoms with van der Waals surface area (Å²) in [6, 6.07) is 16.8. The Kier molecular flexibility index (Phi) is 5.55. The molecule has 4 nitrogen and oxygen atoms in total. The second kappa shape index (κ2) is 8.54. The first-order valence-electron chi connectivity index (χ1n) is 13.3. The standard InChI is InChI=1S/C32H36O4/c1-22(33)36-32-17-16-31(20-25(32)14-18-35-21-23-7-5-4-6-8-23)29-12-9-24-19-26(34-3)10-11-27(24)28(29)13-15-30(31,32)2/h4-8,10-11,14,16-19,25,28-29H,9,12-13,15,20-21H2,1-3H3/b18-14-/t25-,28-,29-,30+,31+,32+/m1/s1. The lowest BCUT2D eigenvalue weighted by Gasteiger charge is -2.56. The number of methoxy groups -OCH3 is 1. The van der Waals surface area contributed by atoms with Crippen LogP contribution in [0.25, 0.3) is 0 Å². The number of carbonyl (C=O) groups excluding carboxylic acids is 1. The summed E-state index contributed by atoms with van der Waals surface area (Å²) >= 11 is 0. The second-order valence-corrected chi connectivity index (χ2v) is 11.4. The summed E-state index contributed by atoms with van der Waals surface area (Å²) < 4.78 is 17.8. The molecule has 0 spiro atoms. The van der Waals surface area contributed by atoms with Gasteiger partial charge in [0, 0.05) is 23.7 Å². The number of hydrogen-bond donors (Lipinski definition) is 0. The maximum absolute atomic E-state index is 12.4. The number of carbonyl (C=O) groups is 1.